The van der Waals surface area contributed by atoms with E-state index < -0.39 is 11.5 Å². The van der Waals surface area contributed by atoms with Gasteiger partial charge in [-0.05, 0) is 26.2 Å². The molecular weight excluding hydrogens is 350 g/mol. The van der Waals surface area contributed by atoms with Crippen LogP contribution in [0.15, 0.2) is 36.8 Å². The quantitative estimate of drug-likeness (QED) is 0.637. The van der Waals surface area contributed by atoms with Crippen LogP contribution >= 0.6 is 0 Å². The average Bonchev–Trinajstić information content (AvgIpc) is 3.22. The predicted molar refractivity (Wildman–Crippen MR) is 99.6 cm³/mol. The average molecular weight is 372 g/mol. The van der Waals surface area contributed by atoms with Crippen LogP contribution in [0.2, 0.25) is 0 Å². The fourth-order valence-corrected chi connectivity index (χ4v) is 3.93. The van der Waals surface area contributed by atoms with Gasteiger partial charge in [0.05, 0.1) is 11.6 Å². The molecule has 4 rings (SSSR count). The maximum Gasteiger partial charge on any atom is 0.275 e. The summed E-state index contributed by atoms with van der Waals surface area (Å²) in [7, 11) is 0. The molecular formula is C19H22F2N6. The lowest BCUT2D eigenvalue weighted by atomic mass is 9.86. The van der Waals surface area contributed by atoms with Crippen LogP contribution in [0.4, 0.5) is 14.6 Å². The number of aromatic nitrogens is 4. The molecule has 142 valence electrons. The van der Waals surface area contributed by atoms with Crippen LogP contribution in [0.25, 0.3) is 11.0 Å². The maximum absolute atomic E-state index is 15.1. The highest BCUT2D eigenvalue weighted by Crippen LogP contribution is 2.44. The second-order valence-corrected chi connectivity index (χ2v) is 7.51. The summed E-state index contributed by atoms with van der Waals surface area (Å²) < 4.78 is 30.3. The van der Waals surface area contributed by atoms with E-state index in [1.54, 1.807) is 18.3 Å². The second kappa shape index (κ2) is 6.53. The number of nitrogens with zero attached hydrogens (tertiary/aromatic N) is 3. The number of aryl methyl sites for hydroxylation is 1. The molecule has 2 aromatic heterocycles. The smallest absolute Gasteiger partial charge is 0.275 e. The SMILES string of the molecule is Cc1ccc(C(F)(F)CC2(Nc3ncnc4[nH]ncc34)CCC(N)C2)cc1. The Morgan fingerprint density at radius 1 is 1.30 bits per heavy atom. The highest BCUT2D eigenvalue weighted by atomic mass is 19.3. The van der Waals surface area contributed by atoms with Gasteiger partial charge in [0.25, 0.3) is 5.92 Å². The molecule has 0 radical (unpaired) electrons. The highest BCUT2D eigenvalue weighted by molar-refractivity contribution is 5.85. The van der Waals surface area contributed by atoms with Crippen LogP contribution in [-0.4, -0.2) is 31.7 Å². The summed E-state index contributed by atoms with van der Waals surface area (Å²) in [5.74, 6) is -2.48. The number of hydrogen-bond donors (Lipinski definition) is 3. The third-order valence-corrected chi connectivity index (χ3v) is 5.31. The first-order valence-electron chi connectivity index (χ1n) is 9.00. The summed E-state index contributed by atoms with van der Waals surface area (Å²) in [4.78, 5) is 8.36. The number of nitrogens with one attached hydrogen (secondary N) is 2. The van der Waals surface area contributed by atoms with Crippen molar-refractivity contribution < 1.29 is 8.78 Å². The van der Waals surface area contributed by atoms with Crippen molar-refractivity contribution in [3.63, 3.8) is 0 Å². The summed E-state index contributed by atoms with van der Waals surface area (Å²) in [6.07, 6.45) is 4.34. The molecule has 1 aliphatic rings. The van der Waals surface area contributed by atoms with Gasteiger partial charge in [0.1, 0.15) is 12.1 Å². The molecule has 1 saturated carbocycles. The van der Waals surface area contributed by atoms with Crippen LogP contribution in [0.1, 0.15) is 36.8 Å². The Bertz CT molecular complexity index is 939. The van der Waals surface area contributed by atoms with E-state index in [4.69, 9.17) is 5.73 Å². The van der Waals surface area contributed by atoms with Crippen LogP contribution in [0.5, 0.6) is 0 Å². The lowest BCUT2D eigenvalue weighted by molar-refractivity contribution is -0.0308. The molecule has 0 saturated heterocycles. The molecule has 2 unspecified atom stereocenters. The first-order chi connectivity index (χ1) is 12.9. The third-order valence-electron chi connectivity index (χ3n) is 5.31. The number of nitrogens with two attached hydrogens (primary N) is 1. The van der Waals surface area contributed by atoms with Crippen LogP contribution < -0.4 is 11.1 Å². The summed E-state index contributed by atoms with van der Waals surface area (Å²) in [5, 5.41) is 10.7. The van der Waals surface area contributed by atoms with Gasteiger partial charge in [0.15, 0.2) is 5.65 Å². The Labute approximate surface area is 155 Å². The van der Waals surface area contributed by atoms with Gasteiger partial charge in [-0.3, -0.25) is 5.10 Å². The number of fused-ring (bicyclic) bond motifs is 1. The molecule has 0 aliphatic heterocycles. The minimum absolute atomic E-state index is 0.0193. The minimum Gasteiger partial charge on any atom is -0.364 e. The third kappa shape index (κ3) is 3.49. The normalized spacial score (nSPS) is 23.0. The van der Waals surface area contributed by atoms with Crippen molar-refractivity contribution in [1.82, 2.24) is 20.2 Å². The predicted octanol–water partition coefficient (Wildman–Crippen LogP) is 3.51. The first kappa shape index (κ1) is 17.8. The maximum atomic E-state index is 15.1. The number of halogens is 2. The minimum atomic E-state index is -2.98. The van der Waals surface area contributed by atoms with Crippen molar-refractivity contribution >= 4 is 16.9 Å². The van der Waals surface area contributed by atoms with Crippen molar-refractivity contribution in [2.75, 3.05) is 5.32 Å². The van der Waals surface area contributed by atoms with Crippen molar-refractivity contribution in [2.24, 2.45) is 5.73 Å². The van der Waals surface area contributed by atoms with Gasteiger partial charge in [-0.15, -0.1) is 0 Å². The molecule has 0 spiro atoms. The zero-order valence-electron chi connectivity index (χ0n) is 15.0. The van der Waals surface area contributed by atoms with Crippen molar-refractivity contribution in [2.45, 2.75) is 50.1 Å². The van der Waals surface area contributed by atoms with Crippen molar-refractivity contribution in [3.05, 3.63) is 47.9 Å². The molecule has 27 heavy (non-hydrogen) atoms. The van der Waals surface area contributed by atoms with Gasteiger partial charge in [0.2, 0.25) is 0 Å². The Morgan fingerprint density at radius 2 is 2.07 bits per heavy atom. The van der Waals surface area contributed by atoms with E-state index in [1.165, 1.54) is 18.5 Å². The van der Waals surface area contributed by atoms with Gasteiger partial charge in [0, 0.05) is 23.6 Å². The highest BCUT2D eigenvalue weighted by Gasteiger charge is 2.47. The second-order valence-electron chi connectivity index (χ2n) is 7.51. The largest absolute Gasteiger partial charge is 0.364 e. The van der Waals surface area contributed by atoms with E-state index in [9.17, 15) is 0 Å². The molecule has 0 bridgehead atoms. The first-order valence-corrected chi connectivity index (χ1v) is 9.00. The summed E-state index contributed by atoms with van der Waals surface area (Å²) >= 11 is 0. The molecule has 1 aromatic carbocycles. The monoisotopic (exact) mass is 372 g/mol. The van der Waals surface area contributed by atoms with E-state index in [-0.39, 0.29) is 18.0 Å². The summed E-state index contributed by atoms with van der Waals surface area (Å²) in [5.41, 5.74) is 6.79. The molecule has 2 atom stereocenters. The molecule has 2 heterocycles. The Morgan fingerprint density at radius 3 is 2.78 bits per heavy atom. The van der Waals surface area contributed by atoms with E-state index in [2.05, 4.69) is 25.5 Å². The zero-order valence-corrected chi connectivity index (χ0v) is 15.0. The summed E-state index contributed by atoms with van der Waals surface area (Å²) in [6.45, 7) is 1.88. The van der Waals surface area contributed by atoms with E-state index in [0.717, 1.165) is 5.56 Å². The topological polar surface area (TPSA) is 92.5 Å². The van der Waals surface area contributed by atoms with Gasteiger partial charge in [-0.25, -0.2) is 18.7 Å². The van der Waals surface area contributed by atoms with E-state index >= 15 is 8.78 Å². The number of hydrogen-bond acceptors (Lipinski definition) is 5. The summed E-state index contributed by atoms with van der Waals surface area (Å²) in [6, 6.07) is 6.30. The van der Waals surface area contributed by atoms with Crippen LogP contribution in [-0.2, 0) is 5.92 Å². The van der Waals surface area contributed by atoms with Gasteiger partial charge in [-0.2, -0.15) is 5.10 Å². The van der Waals surface area contributed by atoms with Crippen LogP contribution in [0, 0.1) is 6.92 Å². The standard InChI is InChI=1S/C19H22F2N6/c1-12-2-4-13(5-3-12)19(20,21)10-18(7-6-14(22)8-18)26-16-15-9-25-27-17(15)24-11-23-16/h2-5,9,11,14H,6-8,10,22H2,1H3,(H2,23,24,25,26,27). The van der Waals surface area contributed by atoms with Gasteiger partial charge < -0.3 is 11.1 Å². The molecule has 0 amide bonds. The van der Waals surface area contributed by atoms with Gasteiger partial charge >= 0.3 is 0 Å². The van der Waals surface area contributed by atoms with Gasteiger partial charge in [-0.1, -0.05) is 29.8 Å². The molecule has 1 aliphatic carbocycles. The van der Waals surface area contributed by atoms with Crippen molar-refractivity contribution in [3.8, 4) is 0 Å². The number of benzene rings is 1. The molecule has 3 aromatic rings. The molecule has 1 fully saturated rings. The number of H-pyrrole nitrogens is 1. The number of alkyl halides is 2. The lowest BCUT2D eigenvalue weighted by Gasteiger charge is -2.35. The van der Waals surface area contributed by atoms with Crippen molar-refractivity contribution in [1.29, 1.82) is 0 Å². The molecule has 6 nitrogen and oxygen atoms in total. The Balaban J connectivity index is 1.66. The molecule has 8 heteroatoms. The molecule has 4 N–H and O–H groups in total. The van der Waals surface area contributed by atoms with Crippen LogP contribution in [0.3, 0.4) is 0 Å². The Kier molecular flexibility index (Phi) is 4.30. The van der Waals surface area contributed by atoms with E-state index in [1.807, 2.05) is 6.92 Å². The zero-order chi connectivity index (χ0) is 19.1. The Hall–Kier alpha value is -2.61. The van der Waals surface area contributed by atoms with E-state index in [0.29, 0.717) is 36.1 Å². The number of anilines is 1. The number of aromatic amines is 1. The number of rotatable bonds is 5. The fraction of sp³-hybridized carbons (Fsp3) is 0.421. The lowest BCUT2D eigenvalue weighted by Crippen LogP contribution is -2.42. The fourth-order valence-electron chi connectivity index (χ4n) is 3.93.